The van der Waals surface area contributed by atoms with Gasteiger partial charge in [0.05, 0.1) is 18.2 Å². The van der Waals surface area contributed by atoms with E-state index >= 15 is 0 Å². The number of piperidine rings is 1. The van der Waals surface area contributed by atoms with Crippen molar-refractivity contribution in [1.82, 2.24) is 24.3 Å². The highest BCUT2D eigenvalue weighted by Gasteiger charge is 2.41. The molecule has 0 radical (unpaired) electrons. The van der Waals surface area contributed by atoms with Crippen LogP contribution in [-0.2, 0) is 29.1 Å². The Morgan fingerprint density at radius 1 is 1.18 bits per heavy atom. The van der Waals surface area contributed by atoms with E-state index in [1.807, 2.05) is 38.8 Å². The second-order valence-corrected chi connectivity index (χ2v) is 7.65. The third-order valence-electron chi connectivity index (χ3n) is 5.89. The fraction of sp³-hybridized carbons (Fsp3) is 0.524. The van der Waals surface area contributed by atoms with Crippen LogP contribution in [0.15, 0.2) is 36.8 Å². The maximum atomic E-state index is 13.0. The zero-order chi connectivity index (χ0) is 19.5. The Kier molecular flexibility index (Phi) is 5.41. The maximum Gasteiger partial charge on any atom is 0.228 e. The number of aromatic nitrogens is 3. The molecule has 3 aliphatic heterocycles. The number of rotatable bonds is 6. The van der Waals surface area contributed by atoms with Crippen molar-refractivity contribution in [1.29, 1.82) is 0 Å². The van der Waals surface area contributed by atoms with Crippen LogP contribution in [0.2, 0.25) is 0 Å². The monoisotopic (exact) mass is 381 g/mol. The lowest BCUT2D eigenvalue weighted by atomic mass is 9.94. The average molecular weight is 381 g/mol. The molecule has 28 heavy (non-hydrogen) atoms. The highest BCUT2D eigenvalue weighted by atomic mass is 16.2. The highest BCUT2D eigenvalue weighted by Crippen LogP contribution is 2.30. The summed E-state index contributed by atoms with van der Waals surface area (Å²) in [6, 6.07) is 5.85. The molecule has 2 atom stereocenters. The van der Waals surface area contributed by atoms with E-state index < -0.39 is 0 Å². The van der Waals surface area contributed by atoms with Crippen molar-refractivity contribution in [3.8, 4) is 0 Å². The Bertz CT molecular complexity index is 834. The van der Waals surface area contributed by atoms with Crippen molar-refractivity contribution in [2.24, 2.45) is 5.92 Å². The van der Waals surface area contributed by atoms with Crippen LogP contribution in [0, 0.1) is 5.92 Å². The minimum atomic E-state index is -0.0918. The first kappa shape index (κ1) is 18.7. The number of aryl methyl sites for hydroxylation is 2. The minimum absolute atomic E-state index is 0.0802. The van der Waals surface area contributed by atoms with Crippen LogP contribution in [0.5, 0.6) is 0 Å². The van der Waals surface area contributed by atoms with Crippen molar-refractivity contribution in [3.63, 3.8) is 0 Å². The van der Waals surface area contributed by atoms with Crippen LogP contribution in [0.4, 0.5) is 0 Å². The van der Waals surface area contributed by atoms with Gasteiger partial charge in [-0.1, -0.05) is 13.0 Å². The molecule has 0 unspecified atom stereocenters. The first-order valence-electron chi connectivity index (χ1n) is 10.1. The van der Waals surface area contributed by atoms with Gasteiger partial charge in [-0.15, -0.1) is 0 Å². The lowest BCUT2D eigenvalue weighted by molar-refractivity contribution is -0.140. The van der Waals surface area contributed by atoms with E-state index in [1.54, 1.807) is 12.4 Å². The second kappa shape index (κ2) is 8.12. The van der Waals surface area contributed by atoms with Gasteiger partial charge in [0.15, 0.2) is 0 Å². The normalized spacial score (nSPS) is 21.8. The van der Waals surface area contributed by atoms with Gasteiger partial charge in [0.25, 0.3) is 0 Å². The van der Waals surface area contributed by atoms with E-state index in [-0.39, 0.29) is 23.8 Å². The van der Waals surface area contributed by atoms with Gasteiger partial charge in [-0.2, -0.15) is 0 Å². The second-order valence-electron chi connectivity index (χ2n) is 7.65. The predicted molar refractivity (Wildman–Crippen MR) is 104 cm³/mol. The van der Waals surface area contributed by atoms with Gasteiger partial charge in [0.1, 0.15) is 5.82 Å². The zero-order valence-electron chi connectivity index (χ0n) is 16.3. The van der Waals surface area contributed by atoms with Crippen LogP contribution < -0.4 is 0 Å². The van der Waals surface area contributed by atoms with Crippen molar-refractivity contribution in [2.45, 2.75) is 51.7 Å². The van der Waals surface area contributed by atoms with Gasteiger partial charge in [-0.3, -0.25) is 14.6 Å². The van der Waals surface area contributed by atoms with Gasteiger partial charge >= 0.3 is 0 Å². The Morgan fingerprint density at radius 3 is 2.86 bits per heavy atom. The number of amides is 2. The lowest BCUT2D eigenvalue weighted by Crippen LogP contribution is -2.47. The van der Waals surface area contributed by atoms with Crippen molar-refractivity contribution in [3.05, 3.63) is 48.3 Å². The molecule has 0 N–H and O–H groups in total. The van der Waals surface area contributed by atoms with Gasteiger partial charge in [-0.25, -0.2) is 4.98 Å². The Morgan fingerprint density at radius 2 is 2.07 bits per heavy atom. The Hall–Kier alpha value is -2.70. The summed E-state index contributed by atoms with van der Waals surface area (Å²) in [6.45, 7) is 4.39. The molecule has 148 valence electrons. The summed E-state index contributed by atoms with van der Waals surface area (Å²) < 4.78 is 2.04. The molecule has 0 aliphatic carbocycles. The molecule has 3 fully saturated rings. The summed E-state index contributed by atoms with van der Waals surface area (Å²) in [5.74, 6) is 1.20. The molecule has 2 amide bonds. The number of carbonyl (C=O) groups excluding carboxylic acids is 2. The number of hydrogen-bond donors (Lipinski definition) is 0. The van der Waals surface area contributed by atoms with Crippen molar-refractivity contribution >= 4 is 11.8 Å². The molecule has 2 aromatic heterocycles. The summed E-state index contributed by atoms with van der Waals surface area (Å²) in [5, 5.41) is 0. The quantitative estimate of drug-likeness (QED) is 0.766. The fourth-order valence-corrected chi connectivity index (χ4v) is 4.35. The van der Waals surface area contributed by atoms with Crippen LogP contribution in [0.25, 0.3) is 0 Å². The molecular weight excluding hydrogens is 354 g/mol. The molecule has 2 bridgehead atoms. The smallest absolute Gasteiger partial charge is 0.228 e. The number of hydrogen-bond acceptors (Lipinski definition) is 4. The van der Waals surface area contributed by atoms with Gasteiger partial charge in [0, 0.05) is 57.1 Å². The zero-order valence-corrected chi connectivity index (χ0v) is 16.3. The minimum Gasteiger partial charge on any atom is -0.340 e. The average Bonchev–Trinajstić information content (AvgIpc) is 3.01. The summed E-state index contributed by atoms with van der Waals surface area (Å²) in [4.78, 5) is 38.4. The molecular formula is C21H27N5O2. The van der Waals surface area contributed by atoms with Crippen molar-refractivity contribution in [2.75, 3.05) is 13.1 Å². The number of nitrogens with zero attached hydrogens (tertiary/aromatic N) is 5. The number of carbonyl (C=O) groups is 2. The first-order valence-corrected chi connectivity index (χ1v) is 10.1. The standard InChI is InChI=1S/C21H27N5O2/c1-2-19-23-10-12-24(19)11-8-20(27)25-13-16-6-7-18(15-25)26(21(16)28)14-17-5-3-4-9-22-17/h3-5,9-10,12,16,18H,2,6-8,11,13-15H2,1H3/t16-,18+/m0/s1. The van der Waals surface area contributed by atoms with Gasteiger partial charge < -0.3 is 14.4 Å². The van der Waals surface area contributed by atoms with E-state index in [1.165, 1.54) is 0 Å². The van der Waals surface area contributed by atoms with E-state index in [2.05, 4.69) is 16.9 Å². The van der Waals surface area contributed by atoms with Crippen LogP contribution in [-0.4, -0.2) is 55.3 Å². The molecule has 5 rings (SSSR count). The van der Waals surface area contributed by atoms with E-state index in [4.69, 9.17) is 0 Å². The van der Waals surface area contributed by atoms with Crippen LogP contribution >= 0.6 is 0 Å². The third kappa shape index (κ3) is 3.79. The van der Waals surface area contributed by atoms with E-state index in [0.717, 1.165) is 30.8 Å². The van der Waals surface area contributed by atoms with Crippen LogP contribution in [0.3, 0.4) is 0 Å². The maximum absolute atomic E-state index is 13.0. The van der Waals surface area contributed by atoms with E-state index in [0.29, 0.717) is 32.6 Å². The molecule has 7 nitrogen and oxygen atoms in total. The number of pyridine rings is 1. The molecule has 0 saturated carbocycles. The molecule has 3 saturated heterocycles. The molecule has 3 aliphatic rings. The van der Waals surface area contributed by atoms with E-state index in [9.17, 15) is 9.59 Å². The Balaban J connectivity index is 1.42. The molecule has 2 aromatic rings. The molecule has 0 aromatic carbocycles. The van der Waals surface area contributed by atoms with Gasteiger partial charge in [0.2, 0.25) is 11.8 Å². The van der Waals surface area contributed by atoms with Gasteiger partial charge in [-0.05, 0) is 25.0 Å². The highest BCUT2D eigenvalue weighted by molar-refractivity contribution is 5.83. The van der Waals surface area contributed by atoms with Crippen LogP contribution in [0.1, 0.15) is 37.7 Å². The Labute approximate surface area is 165 Å². The SMILES string of the molecule is CCc1nccn1CCC(=O)N1C[C@@H]2CC[C@H](C1)N(Cc1ccccn1)C2=O. The summed E-state index contributed by atoms with van der Waals surface area (Å²) in [6.07, 6.45) is 8.58. The summed E-state index contributed by atoms with van der Waals surface area (Å²) in [5.41, 5.74) is 0.897. The predicted octanol–water partition coefficient (Wildman–Crippen LogP) is 1.88. The largest absolute Gasteiger partial charge is 0.340 e. The fourth-order valence-electron chi connectivity index (χ4n) is 4.35. The summed E-state index contributed by atoms with van der Waals surface area (Å²) >= 11 is 0. The molecule has 0 spiro atoms. The lowest BCUT2D eigenvalue weighted by Gasteiger charge is -2.35. The number of imidazole rings is 1. The topological polar surface area (TPSA) is 71.3 Å². The first-order chi connectivity index (χ1) is 13.7. The van der Waals surface area contributed by atoms with Crippen molar-refractivity contribution < 1.29 is 9.59 Å². The molecule has 7 heteroatoms. The molecule has 5 heterocycles. The third-order valence-corrected chi connectivity index (χ3v) is 5.89. The summed E-state index contributed by atoms with van der Waals surface area (Å²) in [7, 11) is 0. The number of fused-ring (bicyclic) bond motifs is 4.